The molecule has 0 saturated heterocycles. The van der Waals surface area contributed by atoms with E-state index in [1.807, 2.05) is 11.8 Å². The molecule has 2 bridgehead atoms. The lowest BCUT2D eigenvalue weighted by Crippen LogP contribution is -2.29. The monoisotopic (exact) mass is 228 g/mol. The molecule has 0 aliphatic heterocycles. The van der Waals surface area contributed by atoms with Gasteiger partial charge < -0.3 is 0 Å². The average molecular weight is 228 g/mol. The lowest BCUT2D eigenvalue weighted by Gasteiger charge is -2.37. The highest BCUT2D eigenvalue weighted by Gasteiger charge is 2.56. The van der Waals surface area contributed by atoms with Crippen molar-refractivity contribution in [1.82, 2.24) is 0 Å². The van der Waals surface area contributed by atoms with Crippen molar-refractivity contribution in [2.75, 3.05) is 11.5 Å². The molecule has 2 heteroatoms. The highest BCUT2D eigenvalue weighted by molar-refractivity contribution is 8.03. The van der Waals surface area contributed by atoms with Crippen LogP contribution in [0.4, 0.5) is 0 Å². The first-order chi connectivity index (χ1) is 6.52. The molecule has 2 atom stereocenters. The summed E-state index contributed by atoms with van der Waals surface area (Å²) in [5, 5.41) is 0. The van der Waals surface area contributed by atoms with Crippen molar-refractivity contribution in [2.24, 2.45) is 16.7 Å². The Morgan fingerprint density at radius 2 is 2.21 bits per heavy atom. The van der Waals surface area contributed by atoms with Gasteiger partial charge in [-0.15, -0.1) is 11.8 Å². The zero-order valence-electron chi connectivity index (χ0n) is 9.34. The van der Waals surface area contributed by atoms with Gasteiger partial charge in [-0.05, 0) is 34.8 Å². The molecule has 0 heterocycles. The standard InChI is InChI=1S/C12H20S2/c1-11(2)9-4-5-12(11,3)10(8-9)14-7-6-13/h8-9,13H,4-7H2,1-3H3/t9-,12+/m1/s1. The van der Waals surface area contributed by atoms with Gasteiger partial charge in [0.2, 0.25) is 0 Å². The van der Waals surface area contributed by atoms with E-state index in [1.165, 1.54) is 12.8 Å². The smallest absolute Gasteiger partial charge is 0.00654 e. The Bertz CT molecular complexity index is 267. The van der Waals surface area contributed by atoms with E-state index in [4.69, 9.17) is 0 Å². The number of hydrogen-bond acceptors (Lipinski definition) is 2. The molecule has 80 valence electrons. The van der Waals surface area contributed by atoms with Crippen LogP contribution in [-0.4, -0.2) is 11.5 Å². The van der Waals surface area contributed by atoms with Gasteiger partial charge in [-0.1, -0.05) is 26.8 Å². The van der Waals surface area contributed by atoms with E-state index in [-0.39, 0.29) is 0 Å². The Kier molecular flexibility index (Phi) is 2.72. The van der Waals surface area contributed by atoms with Crippen molar-refractivity contribution in [3.05, 3.63) is 11.0 Å². The van der Waals surface area contributed by atoms with Gasteiger partial charge in [0.15, 0.2) is 0 Å². The fraction of sp³-hybridized carbons (Fsp3) is 0.833. The summed E-state index contributed by atoms with van der Waals surface area (Å²) in [6.07, 6.45) is 5.32. The van der Waals surface area contributed by atoms with Crippen LogP contribution in [0.3, 0.4) is 0 Å². The van der Waals surface area contributed by atoms with Crippen LogP contribution in [0.25, 0.3) is 0 Å². The van der Waals surface area contributed by atoms with Crippen LogP contribution in [-0.2, 0) is 0 Å². The molecule has 0 nitrogen and oxygen atoms in total. The molecule has 2 aliphatic carbocycles. The zero-order chi connectivity index (χ0) is 10.4. The molecule has 0 amide bonds. The highest BCUT2D eigenvalue weighted by atomic mass is 32.2. The lowest BCUT2D eigenvalue weighted by atomic mass is 9.70. The predicted molar refractivity (Wildman–Crippen MR) is 69.0 cm³/mol. The summed E-state index contributed by atoms with van der Waals surface area (Å²) >= 11 is 6.32. The minimum Gasteiger partial charge on any atom is -0.178 e. The van der Waals surface area contributed by atoms with Crippen LogP contribution in [0, 0.1) is 16.7 Å². The second-order valence-corrected chi connectivity index (χ2v) is 6.89. The van der Waals surface area contributed by atoms with E-state index in [2.05, 4.69) is 39.5 Å². The van der Waals surface area contributed by atoms with Crippen molar-refractivity contribution in [3.63, 3.8) is 0 Å². The molecular weight excluding hydrogens is 208 g/mol. The van der Waals surface area contributed by atoms with E-state index < -0.39 is 0 Å². The van der Waals surface area contributed by atoms with Crippen LogP contribution < -0.4 is 0 Å². The van der Waals surface area contributed by atoms with E-state index in [0.29, 0.717) is 10.8 Å². The minimum atomic E-state index is 0.464. The second kappa shape index (κ2) is 3.48. The third-order valence-corrected chi connectivity index (χ3v) is 6.38. The molecule has 0 N–H and O–H groups in total. The molecule has 0 spiro atoms. The van der Waals surface area contributed by atoms with Gasteiger partial charge in [-0.3, -0.25) is 0 Å². The fourth-order valence-electron chi connectivity index (χ4n) is 3.00. The number of allylic oxidation sites excluding steroid dienone is 2. The van der Waals surface area contributed by atoms with Crippen molar-refractivity contribution in [1.29, 1.82) is 0 Å². The van der Waals surface area contributed by atoms with Crippen LogP contribution >= 0.6 is 24.4 Å². The minimum absolute atomic E-state index is 0.464. The Morgan fingerprint density at radius 3 is 2.64 bits per heavy atom. The Labute approximate surface area is 97.3 Å². The molecule has 14 heavy (non-hydrogen) atoms. The summed E-state index contributed by atoms with van der Waals surface area (Å²) in [6.45, 7) is 7.34. The molecule has 0 aromatic heterocycles. The summed E-state index contributed by atoms with van der Waals surface area (Å²) in [6, 6.07) is 0. The normalized spacial score (nSPS) is 38.9. The van der Waals surface area contributed by atoms with Crippen LogP contribution in [0.5, 0.6) is 0 Å². The molecule has 0 unspecified atom stereocenters. The first-order valence-corrected chi connectivity index (χ1v) is 7.10. The Hall–Kier alpha value is 0.440. The summed E-state index contributed by atoms with van der Waals surface area (Å²) in [4.78, 5) is 1.65. The number of fused-ring (bicyclic) bond motifs is 2. The topological polar surface area (TPSA) is 0 Å². The van der Waals surface area contributed by atoms with Crippen molar-refractivity contribution in [3.8, 4) is 0 Å². The summed E-state index contributed by atoms with van der Waals surface area (Å²) in [5.41, 5.74) is 0.956. The van der Waals surface area contributed by atoms with Gasteiger partial charge in [-0.2, -0.15) is 12.6 Å². The molecule has 1 saturated carbocycles. The molecule has 0 aromatic carbocycles. The largest absolute Gasteiger partial charge is 0.178 e. The molecular formula is C12H20S2. The third-order valence-electron chi connectivity index (χ3n) is 4.55. The lowest BCUT2D eigenvalue weighted by molar-refractivity contribution is 0.179. The first kappa shape index (κ1) is 10.9. The van der Waals surface area contributed by atoms with E-state index in [9.17, 15) is 0 Å². The summed E-state index contributed by atoms with van der Waals surface area (Å²) in [7, 11) is 0. The maximum atomic E-state index is 4.29. The van der Waals surface area contributed by atoms with Crippen molar-refractivity contribution in [2.45, 2.75) is 33.6 Å². The molecule has 0 aromatic rings. The van der Waals surface area contributed by atoms with Crippen LogP contribution in [0.1, 0.15) is 33.6 Å². The van der Waals surface area contributed by atoms with Crippen LogP contribution in [0.2, 0.25) is 0 Å². The van der Waals surface area contributed by atoms with Gasteiger partial charge in [0.05, 0.1) is 0 Å². The maximum absolute atomic E-state index is 4.29. The van der Waals surface area contributed by atoms with Gasteiger partial charge >= 0.3 is 0 Å². The average Bonchev–Trinajstić information content (AvgIpc) is 2.46. The SMILES string of the molecule is CC1(C)[C@H]2C=C(SCCS)[C@]1(C)CC2. The predicted octanol–water partition coefficient (Wildman–Crippen LogP) is 3.99. The molecule has 0 radical (unpaired) electrons. The zero-order valence-corrected chi connectivity index (χ0v) is 11.0. The quantitative estimate of drug-likeness (QED) is 0.713. The molecule has 2 aliphatic rings. The fourth-order valence-corrected chi connectivity index (χ4v) is 4.53. The Morgan fingerprint density at radius 1 is 1.50 bits per heavy atom. The maximum Gasteiger partial charge on any atom is 0.00654 e. The van der Waals surface area contributed by atoms with E-state index in [0.717, 1.165) is 17.4 Å². The van der Waals surface area contributed by atoms with Gasteiger partial charge in [0.25, 0.3) is 0 Å². The molecule has 2 rings (SSSR count). The second-order valence-electron chi connectivity index (χ2n) is 5.30. The summed E-state index contributed by atoms with van der Waals surface area (Å²) in [5.74, 6) is 2.98. The highest BCUT2D eigenvalue weighted by Crippen LogP contribution is 2.67. The number of rotatable bonds is 3. The number of hydrogen-bond donors (Lipinski definition) is 1. The van der Waals surface area contributed by atoms with Crippen molar-refractivity contribution < 1.29 is 0 Å². The Balaban J connectivity index is 2.19. The van der Waals surface area contributed by atoms with E-state index >= 15 is 0 Å². The van der Waals surface area contributed by atoms with Crippen LogP contribution in [0.15, 0.2) is 11.0 Å². The van der Waals surface area contributed by atoms with E-state index in [1.54, 1.807) is 4.91 Å². The number of thioether (sulfide) groups is 1. The number of thiol groups is 1. The van der Waals surface area contributed by atoms with Crippen molar-refractivity contribution >= 4 is 24.4 Å². The molecule has 1 fully saturated rings. The third kappa shape index (κ3) is 1.30. The first-order valence-electron chi connectivity index (χ1n) is 5.48. The van der Waals surface area contributed by atoms with Gasteiger partial charge in [-0.25, -0.2) is 0 Å². The summed E-state index contributed by atoms with van der Waals surface area (Å²) < 4.78 is 0. The van der Waals surface area contributed by atoms with Gasteiger partial charge in [0, 0.05) is 11.2 Å². The van der Waals surface area contributed by atoms with Gasteiger partial charge in [0.1, 0.15) is 0 Å².